The number of hydrogen-bond donors (Lipinski definition) is 2. The van der Waals surface area contributed by atoms with E-state index in [4.69, 9.17) is 0 Å². The fraction of sp³-hybridized carbons (Fsp3) is 0.889. The van der Waals surface area contributed by atoms with Gasteiger partial charge in [-0.25, -0.2) is 0 Å². The summed E-state index contributed by atoms with van der Waals surface area (Å²) < 4.78 is 0. The number of amides is 2. The zero-order valence-electron chi connectivity index (χ0n) is 13.6. The Morgan fingerprint density at radius 3 is 1.23 bits per heavy atom. The lowest BCUT2D eigenvalue weighted by atomic mass is 9.89. The largest absolute Gasteiger partial charge is 0.351 e. The molecule has 0 saturated heterocycles. The van der Waals surface area contributed by atoms with Gasteiger partial charge in [-0.2, -0.15) is 0 Å². The maximum atomic E-state index is 12.4. The van der Waals surface area contributed by atoms with Crippen molar-refractivity contribution in [2.75, 3.05) is 0 Å². The molecule has 0 spiro atoms. The van der Waals surface area contributed by atoms with E-state index in [1.54, 1.807) is 0 Å². The van der Waals surface area contributed by atoms with E-state index in [2.05, 4.69) is 10.6 Å². The third-order valence-corrected chi connectivity index (χ3v) is 5.87. The van der Waals surface area contributed by atoms with E-state index >= 15 is 0 Å². The van der Waals surface area contributed by atoms with Crippen molar-refractivity contribution in [2.24, 2.45) is 11.8 Å². The van der Waals surface area contributed by atoms with Gasteiger partial charge in [-0.05, 0) is 38.5 Å². The zero-order chi connectivity index (χ0) is 15.4. The SMILES string of the molecule is O=C(N[C@H]1CCCC[C@H]1NC(=O)C1CCCC1)C1CCCC1. The molecular formula is C18H30N2O2. The zero-order valence-corrected chi connectivity index (χ0v) is 13.6. The van der Waals surface area contributed by atoms with E-state index in [1.807, 2.05) is 0 Å². The predicted octanol–water partition coefficient (Wildman–Crippen LogP) is 2.91. The molecule has 2 atom stereocenters. The molecular weight excluding hydrogens is 276 g/mol. The van der Waals surface area contributed by atoms with Crippen molar-refractivity contribution >= 4 is 11.8 Å². The standard InChI is InChI=1S/C18H30N2O2/c21-17(13-7-1-2-8-13)19-15-11-5-6-12-16(15)20-18(22)14-9-3-4-10-14/h13-16H,1-12H2,(H,19,21)(H,20,22)/t15-,16+. The number of rotatable bonds is 4. The van der Waals surface area contributed by atoms with Gasteiger partial charge in [-0.1, -0.05) is 38.5 Å². The van der Waals surface area contributed by atoms with E-state index in [0.29, 0.717) is 0 Å². The Kier molecular flexibility index (Phi) is 5.37. The van der Waals surface area contributed by atoms with Gasteiger partial charge in [0.05, 0.1) is 0 Å². The molecule has 22 heavy (non-hydrogen) atoms. The fourth-order valence-corrected chi connectivity index (χ4v) is 4.45. The summed E-state index contributed by atoms with van der Waals surface area (Å²) in [6.07, 6.45) is 13.2. The Morgan fingerprint density at radius 2 is 0.864 bits per heavy atom. The summed E-state index contributed by atoms with van der Waals surface area (Å²) in [4.78, 5) is 24.8. The van der Waals surface area contributed by atoms with E-state index in [0.717, 1.165) is 51.4 Å². The van der Waals surface area contributed by atoms with Crippen LogP contribution in [0.25, 0.3) is 0 Å². The van der Waals surface area contributed by atoms with E-state index in [-0.39, 0.29) is 35.7 Å². The van der Waals surface area contributed by atoms with E-state index < -0.39 is 0 Å². The highest BCUT2D eigenvalue weighted by Gasteiger charge is 2.32. The maximum Gasteiger partial charge on any atom is 0.223 e. The topological polar surface area (TPSA) is 58.2 Å². The molecule has 4 heteroatoms. The normalized spacial score (nSPS) is 30.4. The summed E-state index contributed by atoms with van der Waals surface area (Å²) >= 11 is 0. The van der Waals surface area contributed by atoms with Crippen LogP contribution in [0.4, 0.5) is 0 Å². The van der Waals surface area contributed by atoms with Crippen molar-refractivity contribution in [2.45, 2.75) is 89.1 Å². The van der Waals surface area contributed by atoms with Crippen molar-refractivity contribution in [3.8, 4) is 0 Å². The van der Waals surface area contributed by atoms with Crippen molar-refractivity contribution < 1.29 is 9.59 Å². The number of carbonyl (C=O) groups excluding carboxylic acids is 2. The average molecular weight is 306 g/mol. The van der Waals surface area contributed by atoms with Gasteiger partial charge in [-0.3, -0.25) is 9.59 Å². The van der Waals surface area contributed by atoms with Crippen LogP contribution < -0.4 is 10.6 Å². The summed E-state index contributed by atoms with van der Waals surface area (Å²) in [5.41, 5.74) is 0. The van der Waals surface area contributed by atoms with E-state index in [1.165, 1.54) is 25.7 Å². The first-order valence-corrected chi connectivity index (χ1v) is 9.35. The van der Waals surface area contributed by atoms with E-state index in [9.17, 15) is 9.59 Å². The lowest BCUT2D eigenvalue weighted by Crippen LogP contribution is -2.54. The van der Waals surface area contributed by atoms with Crippen LogP contribution in [0.2, 0.25) is 0 Å². The highest BCUT2D eigenvalue weighted by Crippen LogP contribution is 2.28. The minimum Gasteiger partial charge on any atom is -0.351 e. The summed E-state index contributed by atoms with van der Waals surface area (Å²) in [6, 6.07) is 0.291. The molecule has 3 saturated carbocycles. The molecule has 0 aromatic heterocycles. The van der Waals surface area contributed by atoms with Crippen LogP contribution in [0.3, 0.4) is 0 Å². The predicted molar refractivity (Wildman–Crippen MR) is 86.2 cm³/mol. The van der Waals surface area contributed by atoms with Gasteiger partial charge in [0, 0.05) is 23.9 Å². The summed E-state index contributed by atoms with van der Waals surface area (Å²) in [5, 5.41) is 6.51. The second-order valence-corrected chi connectivity index (χ2v) is 7.48. The Morgan fingerprint density at radius 1 is 0.545 bits per heavy atom. The third kappa shape index (κ3) is 3.82. The molecule has 3 aliphatic rings. The van der Waals surface area contributed by atoms with Crippen molar-refractivity contribution in [1.82, 2.24) is 10.6 Å². The molecule has 2 amide bonds. The molecule has 4 nitrogen and oxygen atoms in total. The first-order valence-electron chi connectivity index (χ1n) is 9.35. The van der Waals surface area contributed by atoms with Gasteiger partial charge in [-0.15, -0.1) is 0 Å². The van der Waals surface area contributed by atoms with Gasteiger partial charge in [0.25, 0.3) is 0 Å². The molecule has 0 radical (unpaired) electrons. The molecule has 0 aliphatic heterocycles. The minimum absolute atomic E-state index is 0.146. The molecule has 3 aliphatic carbocycles. The fourth-order valence-electron chi connectivity index (χ4n) is 4.45. The molecule has 124 valence electrons. The molecule has 3 fully saturated rings. The van der Waals surface area contributed by atoms with Gasteiger partial charge in [0.1, 0.15) is 0 Å². The summed E-state index contributed by atoms with van der Waals surface area (Å²) in [6.45, 7) is 0. The highest BCUT2D eigenvalue weighted by molar-refractivity contribution is 5.80. The average Bonchev–Trinajstić information content (AvgIpc) is 3.23. The van der Waals surface area contributed by atoms with Crippen LogP contribution in [0.1, 0.15) is 77.0 Å². The lowest BCUT2D eigenvalue weighted by Gasteiger charge is -2.34. The lowest BCUT2D eigenvalue weighted by molar-refractivity contribution is -0.128. The highest BCUT2D eigenvalue weighted by atomic mass is 16.2. The summed E-state index contributed by atoms with van der Waals surface area (Å²) in [7, 11) is 0. The van der Waals surface area contributed by atoms with Crippen molar-refractivity contribution in [3.63, 3.8) is 0 Å². The quantitative estimate of drug-likeness (QED) is 0.839. The number of nitrogens with one attached hydrogen (secondary N) is 2. The molecule has 0 aromatic rings. The smallest absolute Gasteiger partial charge is 0.223 e. The Balaban J connectivity index is 1.53. The molecule has 2 N–H and O–H groups in total. The monoisotopic (exact) mass is 306 g/mol. The summed E-state index contributed by atoms with van der Waals surface area (Å²) in [5.74, 6) is 0.884. The Labute approximate surface area is 133 Å². The second kappa shape index (κ2) is 7.47. The van der Waals surface area contributed by atoms with Gasteiger partial charge >= 0.3 is 0 Å². The molecule has 3 rings (SSSR count). The van der Waals surface area contributed by atoms with Crippen LogP contribution in [0, 0.1) is 11.8 Å². The van der Waals surface area contributed by atoms with Crippen molar-refractivity contribution in [3.05, 3.63) is 0 Å². The van der Waals surface area contributed by atoms with Gasteiger partial charge in [0.15, 0.2) is 0 Å². The van der Waals surface area contributed by atoms with Gasteiger partial charge < -0.3 is 10.6 Å². The molecule has 0 aromatic carbocycles. The second-order valence-electron chi connectivity index (χ2n) is 7.48. The molecule has 0 unspecified atom stereocenters. The Bertz CT molecular complexity index is 360. The van der Waals surface area contributed by atoms with Crippen LogP contribution in [0.15, 0.2) is 0 Å². The molecule has 0 heterocycles. The number of carbonyl (C=O) groups is 2. The molecule has 0 bridgehead atoms. The Hall–Kier alpha value is -1.06. The van der Waals surface area contributed by atoms with Gasteiger partial charge in [0.2, 0.25) is 11.8 Å². The first kappa shape index (κ1) is 15.8. The van der Waals surface area contributed by atoms with Crippen LogP contribution in [0.5, 0.6) is 0 Å². The van der Waals surface area contributed by atoms with Crippen LogP contribution in [-0.4, -0.2) is 23.9 Å². The van der Waals surface area contributed by atoms with Crippen molar-refractivity contribution in [1.29, 1.82) is 0 Å². The minimum atomic E-state index is 0.146. The van der Waals surface area contributed by atoms with Crippen LogP contribution >= 0.6 is 0 Å². The van der Waals surface area contributed by atoms with Crippen LogP contribution in [-0.2, 0) is 9.59 Å². The first-order chi connectivity index (χ1) is 10.7. The third-order valence-electron chi connectivity index (χ3n) is 5.87. The maximum absolute atomic E-state index is 12.4. The number of hydrogen-bond acceptors (Lipinski definition) is 2.